The van der Waals surface area contributed by atoms with Gasteiger partial charge in [0.05, 0.1) is 22.8 Å². The molecule has 0 atom stereocenters. The van der Waals surface area contributed by atoms with Crippen molar-refractivity contribution in [2.45, 2.75) is 32.6 Å². The summed E-state index contributed by atoms with van der Waals surface area (Å²) >= 11 is 5.86. The third-order valence-electron chi connectivity index (χ3n) is 6.71. The molecule has 226 valence electrons. The molecule has 0 aliphatic rings. The quantitative estimate of drug-likeness (QED) is 0.0752. The van der Waals surface area contributed by atoms with Crippen LogP contribution in [0.5, 0.6) is 11.5 Å². The molecule has 0 spiro atoms. The minimum absolute atomic E-state index is 0.0649. The van der Waals surface area contributed by atoms with Gasteiger partial charge >= 0.3 is 5.97 Å². The Bertz CT molecular complexity index is 1330. The highest BCUT2D eigenvalue weighted by Crippen LogP contribution is 2.33. The molecule has 0 saturated heterocycles. The van der Waals surface area contributed by atoms with Gasteiger partial charge in [0.15, 0.2) is 11.5 Å². The number of halogens is 1. The zero-order valence-corrected chi connectivity index (χ0v) is 25.0. The molecular formula is C33H39ClN6O3. The molecule has 4 aromatic rings. The van der Waals surface area contributed by atoms with Crippen molar-refractivity contribution >= 4 is 17.6 Å². The van der Waals surface area contributed by atoms with Gasteiger partial charge in [0.25, 0.3) is 0 Å². The molecule has 0 fully saturated rings. The number of esters is 1. The Morgan fingerprint density at radius 2 is 1.35 bits per heavy atom. The highest BCUT2D eigenvalue weighted by Gasteiger charge is 2.11. The lowest BCUT2D eigenvalue weighted by molar-refractivity contribution is -0.134. The number of carbonyl (C=O) groups excluding carboxylic acids is 1. The van der Waals surface area contributed by atoms with E-state index >= 15 is 0 Å². The van der Waals surface area contributed by atoms with E-state index in [4.69, 9.17) is 16.3 Å². The van der Waals surface area contributed by atoms with Crippen LogP contribution in [-0.4, -0.2) is 58.7 Å². The third-order valence-corrected chi connectivity index (χ3v) is 7.02. The Hall–Kier alpha value is -3.86. The first-order valence-corrected chi connectivity index (χ1v) is 14.8. The lowest BCUT2D eigenvalue weighted by Crippen LogP contribution is -2.36. The fourth-order valence-corrected chi connectivity index (χ4v) is 4.54. The van der Waals surface area contributed by atoms with Gasteiger partial charge in [-0.1, -0.05) is 54.1 Å². The van der Waals surface area contributed by atoms with Gasteiger partial charge in [-0.2, -0.15) is 0 Å². The van der Waals surface area contributed by atoms with E-state index in [-0.39, 0.29) is 22.9 Å². The smallest absolute Gasteiger partial charge is 0.312 e. The van der Waals surface area contributed by atoms with E-state index in [1.165, 1.54) is 17.7 Å². The summed E-state index contributed by atoms with van der Waals surface area (Å²) in [4.78, 5) is 23.3. The maximum atomic E-state index is 12.1. The minimum atomic E-state index is -0.440. The highest BCUT2D eigenvalue weighted by atomic mass is 35.5. The van der Waals surface area contributed by atoms with Crippen molar-refractivity contribution in [3.8, 4) is 11.5 Å². The summed E-state index contributed by atoms with van der Waals surface area (Å²) in [7, 11) is 0. The van der Waals surface area contributed by atoms with Crippen LogP contribution in [0.1, 0.15) is 28.9 Å². The number of phenolic OH excluding ortho intramolecular Hbond substituents is 1. The topological polar surface area (TPSA) is 112 Å². The Kier molecular flexibility index (Phi) is 13.4. The number of aromatic nitrogens is 2. The van der Waals surface area contributed by atoms with Crippen LogP contribution in [0, 0.1) is 0 Å². The number of rotatable bonds is 18. The molecule has 0 amide bonds. The fraction of sp³-hybridized carbons (Fsp3) is 0.303. The van der Waals surface area contributed by atoms with Crippen molar-refractivity contribution in [2.24, 2.45) is 0 Å². The predicted octanol–water partition coefficient (Wildman–Crippen LogP) is 4.30. The molecule has 0 unspecified atom stereocenters. The van der Waals surface area contributed by atoms with Crippen molar-refractivity contribution in [2.75, 3.05) is 32.7 Å². The second-order valence-corrected chi connectivity index (χ2v) is 10.5. The number of ether oxygens (including phenoxy) is 1. The molecule has 0 saturated carbocycles. The predicted molar refractivity (Wildman–Crippen MR) is 169 cm³/mol. The zero-order valence-electron chi connectivity index (χ0n) is 24.2. The van der Waals surface area contributed by atoms with Gasteiger partial charge in [-0.15, -0.1) is 0 Å². The molecule has 4 N–H and O–H groups in total. The van der Waals surface area contributed by atoms with E-state index in [1.807, 2.05) is 48.8 Å². The number of nitrogens with zero attached hydrogens (tertiary/aromatic N) is 3. The lowest BCUT2D eigenvalue weighted by atomic mass is 10.1. The molecule has 9 nitrogen and oxygen atoms in total. The number of hydrogen-bond donors (Lipinski definition) is 4. The van der Waals surface area contributed by atoms with Gasteiger partial charge in [0.1, 0.15) is 0 Å². The van der Waals surface area contributed by atoms with Crippen LogP contribution in [-0.2, 0) is 31.0 Å². The van der Waals surface area contributed by atoms with Gasteiger partial charge in [-0.3, -0.25) is 19.7 Å². The van der Waals surface area contributed by atoms with Gasteiger partial charge in [-0.05, 0) is 47.5 Å². The normalized spacial score (nSPS) is 11.1. The lowest BCUT2D eigenvalue weighted by Gasteiger charge is -2.23. The van der Waals surface area contributed by atoms with Crippen LogP contribution in [0.25, 0.3) is 0 Å². The van der Waals surface area contributed by atoms with Crippen LogP contribution >= 0.6 is 11.6 Å². The highest BCUT2D eigenvalue weighted by molar-refractivity contribution is 6.32. The van der Waals surface area contributed by atoms with Crippen LogP contribution in [0.15, 0.2) is 91.3 Å². The standard InChI is InChI=1S/C33H39ClN6O3/c34-30-8-5-9-31(33(30)42)43-32(41)14-17-35-22-26-10-12-27(13-11-26)25-40(20-18-36-23-28-6-1-3-15-38-28)21-19-37-24-29-7-2-4-16-39-29/h1-13,15-16,35-37,42H,14,17-25H2. The largest absolute Gasteiger partial charge is 0.503 e. The molecule has 0 bridgehead atoms. The number of phenols is 1. The average Bonchev–Trinajstić information content (AvgIpc) is 3.03. The summed E-state index contributed by atoms with van der Waals surface area (Å²) in [5, 5.41) is 20.3. The van der Waals surface area contributed by atoms with Crippen LogP contribution in [0.2, 0.25) is 5.02 Å². The van der Waals surface area contributed by atoms with E-state index < -0.39 is 5.97 Å². The number of pyridine rings is 2. The van der Waals surface area contributed by atoms with Gasteiger partial charge in [-0.25, -0.2) is 0 Å². The van der Waals surface area contributed by atoms with Crippen LogP contribution < -0.4 is 20.7 Å². The Labute approximate surface area is 258 Å². The van der Waals surface area contributed by atoms with E-state index in [0.29, 0.717) is 13.1 Å². The maximum absolute atomic E-state index is 12.1. The summed E-state index contributed by atoms with van der Waals surface area (Å²) in [5.74, 6) is -0.606. The van der Waals surface area contributed by atoms with E-state index in [9.17, 15) is 9.90 Å². The number of carbonyl (C=O) groups is 1. The number of nitrogens with one attached hydrogen (secondary N) is 3. The SMILES string of the molecule is O=C(CCNCc1ccc(CN(CCNCc2ccccn2)CCNCc2ccccn2)cc1)Oc1cccc(Cl)c1O. The van der Waals surface area contributed by atoms with Gasteiger partial charge in [0.2, 0.25) is 0 Å². The molecule has 2 heterocycles. The molecule has 0 aliphatic heterocycles. The Morgan fingerprint density at radius 3 is 1.95 bits per heavy atom. The van der Waals surface area contributed by atoms with E-state index in [2.05, 4.69) is 55.1 Å². The molecule has 2 aromatic carbocycles. The Morgan fingerprint density at radius 1 is 0.744 bits per heavy atom. The van der Waals surface area contributed by atoms with Crippen molar-refractivity contribution in [1.82, 2.24) is 30.8 Å². The van der Waals surface area contributed by atoms with Crippen LogP contribution in [0.4, 0.5) is 0 Å². The van der Waals surface area contributed by atoms with E-state index in [1.54, 1.807) is 6.07 Å². The van der Waals surface area contributed by atoms with Crippen molar-refractivity contribution < 1.29 is 14.6 Å². The summed E-state index contributed by atoms with van der Waals surface area (Å²) in [6.07, 6.45) is 3.80. The first kappa shape index (κ1) is 32.1. The molecular weight excluding hydrogens is 564 g/mol. The second-order valence-electron chi connectivity index (χ2n) is 10.1. The number of aromatic hydroxyl groups is 1. The minimum Gasteiger partial charge on any atom is -0.503 e. The number of benzene rings is 2. The van der Waals surface area contributed by atoms with Crippen molar-refractivity contribution in [3.05, 3.63) is 119 Å². The van der Waals surface area contributed by atoms with Crippen molar-refractivity contribution in [3.63, 3.8) is 0 Å². The summed E-state index contributed by atoms with van der Waals surface area (Å²) in [6, 6.07) is 25.1. The molecule has 10 heteroatoms. The summed E-state index contributed by atoms with van der Waals surface area (Å²) in [6.45, 7) is 6.95. The fourth-order valence-electron chi connectivity index (χ4n) is 4.38. The maximum Gasteiger partial charge on any atom is 0.312 e. The first-order chi connectivity index (χ1) is 21.1. The average molecular weight is 603 g/mol. The second kappa shape index (κ2) is 17.9. The Balaban J connectivity index is 1.19. The summed E-state index contributed by atoms with van der Waals surface area (Å²) < 4.78 is 5.21. The number of hydrogen-bond acceptors (Lipinski definition) is 9. The first-order valence-electron chi connectivity index (χ1n) is 14.5. The van der Waals surface area contributed by atoms with Crippen molar-refractivity contribution in [1.29, 1.82) is 0 Å². The van der Waals surface area contributed by atoms with E-state index in [0.717, 1.165) is 62.8 Å². The monoisotopic (exact) mass is 602 g/mol. The molecule has 0 aliphatic carbocycles. The van der Waals surface area contributed by atoms with Gasteiger partial charge in [0, 0.05) is 71.3 Å². The summed E-state index contributed by atoms with van der Waals surface area (Å²) in [5.41, 5.74) is 4.44. The molecule has 2 aromatic heterocycles. The third kappa shape index (κ3) is 11.7. The van der Waals surface area contributed by atoms with Crippen LogP contribution in [0.3, 0.4) is 0 Å². The zero-order chi connectivity index (χ0) is 30.1. The number of para-hydroxylation sites is 1. The molecule has 4 rings (SSSR count). The molecule has 43 heavy (non-hydrogen) atoms. The molecule has 0 radical (unpaired) electrons. The van der Waals surface area contributed by atoms with Gasteiger partial charge < -0.3 is 25.8 Å².